The van der Waals surface area contributed by atoms with E-state index >= 15 is 0 Å². The first-order chi connectivity index (χ1) is 12.2. The molecule has 0 spiro atoms. The first-order valence-corrected chi connectivity index (χ1v) is 9.32. The number of carbonyl (C=O) groups is 1. The molecule has 5 heteroatoms. The van der Waals surface area contributed by atoms with Crippen molar-refractivity contribution in [3.63, 3.8) is 0 Å². The molecule has 1 atom stereocenters. The van der Waals surface area contributed by atoms with Crippen molar-refractivity contribution < 1.29 is 9.90 Å². The number of hydrogen-bond donors (Lipinski definition) is 1. The number of aliphatic hydroxyl groups excluding tert-OH is 1. The molecule has 0 aromatic carbocycles. The normalized spacial score (nSPS) is 25.7. The second-order valence-corrected chi connectivity index (χ2v) is 7.48. The molecule has 5 nitrogen and oxygen atoms in total. The van der Waals surface area contributed by atoms with Gasteiger partial charge in [-0.25, -0.2) is 0 Å². The second-order valence-electron chi connectivity index (χ2n) is 7.48. The van der Waals surface area contributed by atoms with Crippen LogP contribution in [0.3, 0.4) is 0 Å². The maximum Gasteiger partial charge on any atom is 0.253 e. The van der Waals surface area contributed by atoms with Crippen molar-refractivity contribution in [3.05, 3.63) is 42.7 Å². The number of amides is 1. The molecular weight excluding hydrogens is 314 g/mol. The van der Waals surface area contributed by atoms with Crippen molar-refractivity contribution in [2.75, 3.05) is 32.8 Å². The fraction of sp³-hybridized carbons (Fsp3) is 0.600. The molecule has 1 amide bonds. The number of aromatic nitrogens is 1. The Hall–Kier alpha value is -1.72. The Morgan fingerprint density at radius 3 is 2.68 bits per heavy atom. The van der Waals surface area contributed by atoms with Gasteiger partial charge in [-0.1, -0.05) is 6.08 Å². The lowest BCUT2D eigenvalue weighted by Gasteiger charge is -2.47. The number of aliphatic hydroxyl groups is 1. The van der Waals surface area contributed by atoms with Crippen LogP contribution in [0.1, 0.15) is 42.5 Å². The molecule has 1 N–H and O–H groups in total. The Balaban J connectivity index is 1.57. The van der Waals surface area contributed by atoms with Gasteiger partial charge in [0.25, 0.3) is 5.91 Å². The highest BCUT2D eigenvalue weighted by atomic mass is 16.3. The summed E-state index contributed by atoms with van der Waals surface area (Å²) >= 11 is 0. The van der Waals surface area contributed by atoms with Gasteiger partial charge in [0, 0.05) is 49.0 Å². The fourth-order valence-corrected chi connectivity index (χ4v) is 4.34. The van der Waals surface area contributed by atoms with Crippen LogP contribution in [0.5, 0.6) is 0 Å². The number of hydrogen-bond acceptors (Lipinski definition) is 4. The lowest BCUT2D eigenvalue weighted by molar-refractivity contribution is -0.000430. The lowest BCUT2D eigenvalue weighted by atomic mass is 9.77. The van der Waals surface area contributed by atoms with Gasteiger partial charge in [0.05, 0.1) is 6.61 Å². The molecule has 0 radical (unpaired) electrons. The minimum Gasteiger partial charge on any atom is -0.396 e. The number of nitrogens with zero attached hydrogens (tertiary/aromatic N) is 3. The summed E-state index contributed by atoms with van der Waals surface area (Å²) in [6, 6.07) is 4.07. The summed E-state index contributed by atoms with van der Waals surface area (Å²) in [6.07, 6.45) is 10.4. The number of pyridine rings is 1. The monoisotopic (exact) mass is 343 g/mol. The molecule has 0 saturated carbocycles. The van der Waals surface area contributed by atoms with Gasteiger partial charge in [0.1, 0.15) is 0 Å². The minimum atomic E-state index is -0.0238. The number of rotatable bonds is 5. The van der Waals surface area contributed by atoms with Crippen molar-refractivity contribution >= 4 is 5.91 Å². The minimum absolute atomic E-state index is 0.0238. The first kappa shape index (κ1) is 18.1. The summed E-state index contributed by atoms with van der Waals surface area (Å²) in [5, 5.41) is 9.90. The summed E-state index contributed by atoms with van der Waals surface area (Å²) in [5.74, 6) is 0.107. The zero-order valence-electron chi connectivity index (χ0n) is 14.9. The number of allylic oxidation sites excluding steroid dienone is 1. The number of piperidine rings is 2. The third-order valence-corrected chi connectivity index (χ3v) is 5.80. The van der Waals surface area contributed by atoms with Gasteiger partial charge in [-0.3, -0.25) is 14.7 Å². The smallest absolute Gasteiger partial charge is 0.253 e. The summed E-state index contributed by atoms with van der Waals surface area (Å²) in [6.45, 7) is 7.74. The molecule has 1 aromatic rings. The lowest BCUT2D eigenvalue weighted by Crippen LogP contribution is -2.53. The van der Waals surface area contributed by atoms with Crippen molar-refractivity contribution in [3.8, 4) is 0 Å². The molecule has 2 saturated heterocycles. The Morgan fingerprint density at radius 2 is 2.04 bits per heavy atom. The number of likely N-dealkylation sites (tertiary alicyclic amines) is 2. The third-order valence-electron chi connectivity index (χ3n) is 5.80. The Morgan fingerprint density at radius 1 is 1.32 bits per heavy atom. The van der Waals surface area contributed by atoms with Gasteiger partial charge in [-0.2, -0.15) is 0 Å². The highest BCUT2D eigenvalue weighted by Gasteiger charge is 2.37. The summed E-state index contributed by atoms with van der Waals surface area (Å²) < 4.78 is 0. The Labute approximate surface area is 150 Å². The van der Waals surface area contributed by atoms with E-state index in [1.165, 1.54) is 0 Å². The molecular formula is C20H29N3O2. The SMILES string of the molecule is C=CC[C@]1(CO)CCCN(C2CCN(C(=O)c3ccncc3)CC2)C1. The zero-order valence-corrected chi connectivity index (χ0v) is 14.9. The van der Waals surface area contributed by atoms with E-state index in [0.717, 1.165) is 63.8 Å². The fourth-order valence-electron chi connectivity index (χ4n) is 4.34. The van der Waals surface area contributed by atoms with Crippen LogP contribution >= 0.6 is 0 Å². The van der Waals surface area contributed by atoms with Crippen LogP contribution in [0.4, 0.5) is 0 Å². The van der Waals surface area contributed by atoms with Gasteiger partial charge in [-0.15, -0.1) is 6.58 Å². The molecule has 25 heavy (non-hydrogen) atoms. The molecule has 0 aliphatic carbocycles. The molecule has 136 valence electrons. The predicted molar refractivity (Wildman–Crippen MR) is 98.3 cm³/mol. The van der Waals surface area contributed by atoms with Crippen LogP contribution in [0.25, 0.3) is 0 Å². The molecule has 1 aromatic heterocycles. The van der Waals surface area contributed by atoms with E-state index in [1.54, 1.807) is 24.5 Å². The molecule has 3 rings (SSSR count). The third kappa shape index (κ3) is 4.10. The van der Waals surface area contributed by atoms with Gasteiger partial charge in [0.2, 0.25) is 0 Å². The zero-order chi connectivity index (χ0) is 17.7. The predicted octanol–water partition coefficient (Wildman–Crippen LogP) is 2.34. The Kier molecular flexibility index (Phi) is 5.86. The maximum absolute atomic E-state index is 12.6. The summed E-state index contributed by atoms with van der Waals surface area (Å²) in [4.78, 5) is 21.0. The van der Waals surface area contributed by atoms with E-state index in [2.05, 4.69) is 16.5 Å². The van der Waals surface area contributed by atoms with Crippen LogP contribution in [0.2, 0.25) is 0 Å². The largest absolute Gasteiger partial charge is 0.396 e. The summed E-state index contributed by atoms with van der Waals surface area (Å²) in [7, 11) is 0. The average Bonchev–Trinajstić information content (AvgIpc) is 2.68. The van der Waals surface area contributed by atoms with E-state index < -0.39 is 0 Å². The molecule has 2 aliphatic heterocycles. The van der Waals surface area contributed by atoms with Crippen LogP contribution < -0.4 is 0 Å². The van der Waals surface area contributed by atoms with Crippen molar-refractivity contribution in [2.24, 2.45) is 5.41 Å². The molecule has 0 unspecified atom stereocenters. The van der Waals surface area contributed by atoms with Gasteiger partial charge in [0.15, 0.2) is 0 Å². The van der Waals surface area contributed by atoms with Crippen LogP contribution in [0, 0.1) is 5.41 Å². The summed E-state index contributed by atoms with van der Waals surface area (Å²) in [5.41, 5.74) is 0.695. The topological polar surface area (TPSA) is 56.7 Å². The molecule has 0 bridgehead atoms. The quantitative estimate of drug-likeness (QED) is 0.834. The van der Waals surface area contributed by atoms with Crippen LogP contribution in [-0.2, 0) is 0 Å². The van der Waals surface area contributed by atoms with E-state index in [-0.39, 0.29) is 17.9 Å². The highest BCUT2D eigenvalue weighted by molar-refractivity contribution is 5.94. The van der Waals surface area contributed by atoms with Crippen LogP contribution in [0.15, 0.2) is 37.2 Å². The second kappa shape index (κ2) is 8.11. The van der Waals surface area contributed by atoms with E-state index in [0.29, 0.717) is 6.04 Å². The molecule has 2 fully saturated rings. The van der Waals surface area contributed by atoms with Gasteiger partial charge < -0.3 is 10.0 Å². The van der Waals surface area contributed by atoms with E-state index in [9.17, 15) is 9.90 Å². The first-order valence-electron chi connectivity index (χ1n) is 9.32. The standard InChI is InChI=1S/C20H29N3O2/c1-2-8-20(16-24)9-3-12-23(15-20)18-6-13-22(14-7-18)19(25)17-4-10-21-11-5-17/h2,4-5,10-11,18,24H,1,3,6-9,12-16H2/t20-/m0/s1. The Bertz CT molecular complexity index is 584. The highest BCUT2D eigenvalue weighted by Crippen LogP contribution is 2.35. The van der Waals surface area contributed by atoms with Crippen molar-refractivity contribution in [1.29, 1.82) is 0 Å². The number of carbonyl (C=O) groups excluding carboxylic acids is 1. The molecule has 3 heterocycles. The maximum atomic E-state index is 12.6. The van der Waals surface area contributed by atoms with Gasteiger partial charge >= 0.3 is 0 Å². The van der Waals surface area contributed by atoms with Gasteiger partial charge in [-0.05, 0) is 50.8 Å². The molecule has 2 aliphatic rings. The van der Waals surface area contributed by atoms with E-state index in [1.807, 2.05) is 11.0 Å². The van der Waals surface area contributed by atoms with Crippen LogP contribution in [-0.4, -0.2) is 64.6 Å². The van der Waals surface area contributed by atoms with Crippen molar-refractivity contribution in [2.45, 2.75) is 38.1 Å². The average molecular weight is 343 g/mol. The van der Waals surface area contributed by atoms with E-state index in [4.69, 9.17) is 0 Å². The van der Waals surface area contributed by atoms with Crippen molar-refractivity contribution in [1.82, 2.24) is 14.8 Å².